The molecule has 25 heavy (non-hydrogen) atoms. The quantitative estimate of drug-likeness (QED) is 0.920. The lowest BCUT2D eigenvalue weighted by atomic mass is 10.1. The van der Waals surface area contributed by atoms with Gasteiger partial charge in [-0.05, 0) is 49.6 Å². The van der Waals surface area contributed by atoms with Crippen molar-refractivity contribution in [2.24, 2.45) is 0 Å². The number of carbonyl (C=O) groups excluding carboxylic acids is 1. The van der Waals surface area contributed by atoms with E-state index in [-0.39, 0.29) is 6.03 Å². The highest BCUT2D eigenvalue weighted by Gasteiger charge is 2.21. The Balaban J connectivity index is 1.52. The van der Waals surface area contributed by atoms with Crippen LogP contribution in [0.5, 0.6) is 0 Å². The summed E-state index contributed by atoms with van der Waals surface area (Å²) in [6.07, 6.45) is 0. The maximum absolute atomic E-state index is 12.5. The molecule has 1 aliphatic heterocycles. The zero-order valence-corrected chi connectivity index (χ0v) is 15.4. The molecule has 1 aliphatic rings. The van der Waals surface area contributed by atoms with Gasteiger partial charge in [-0.25, -0.2) is 4.79 Å². The van der Waals surface area contributed by atoms with Gasteiger partial charge in [-0.1, -0.05) is 35.9 Å². The molecule has 2 amide bonds. The van der Waals surface area contributed by atoms with E-state index in [1.54, 1.807) is 0 Å². The SMILES string of the molecule is Cc1cccc(CN2CCN(C(=O)Nc3cc(C)cc(C)c3)CC2)c1. The lowest BCUT2D eigenvalue weighted by molar-refractivity contribution is 0.143. The number of carbonyl (C=O) groups is 1. The summed E-state index contributed by atoms with van der Waals surface area (Å²) in [6, 6.07) is 14.8. The lowest BCUT2D eigenvalue weighted by Gasteiger charge is -2.34. The molecule has 4 heteroatoms. The van der Waals surface area contributed by atoms with Gasteiger partial charge in [0.2, 0.25) is 0 Å². The highest BCUT2D eigenvalue weighted by Crippen LogP contribution is 2.15. The Bertz CT molecular complexity index is 728. The average Bonchev–Trinajstić information content (AvgIpc) is 2.54. The van der Waals surface area contributed by atoms with Gasteiger partial charge in [0.05, 0.1) is 0 Å². The fraction of sp³-hybridized carbons (Fsp3) is 0.381. The number of piperazine rings is 1. The van der Waals surface area contributed by atoms with Gasteiger partial charge in [0.15, 0.2) is 0 Å². The van der Waals surface area contributed by atoms with Crippen LogP contribution in [-0.4, -0.2) is 42.0 Å². The van der Waals surface area contributed by atoms with Crippen molar-refractivity contribution >= 4 is 11.7 Å². The number of urea groups is 1. The predicted octanol–water partition coefficient (Wildman–Crippen LogP) is 3.96. The first-order valence-corrected chi connectivity index (χ1v) is 8.92. The normalized spacial score (nSPS) is 15.2. The van der Waals surface area contributed by atoms with Gasteiger partial charge in [-0.3, -0.25) is 4.90 Å². The predicted molar refractivity (Wildman–Crippen MR) is 103 cm³/mol. The third kappa shape index (κ3) is 4.83. The van der Waals surface area contributed by atoms with Crippen LogP contribution in [0.4, 0.5) is 10.5 Å². The molecule has 3 rings (SSSR count). The van der Waals surface area contributed by atoms with E-state index >= 15 is 0 Å². The number of nitrogens with one attached hydrogen (secondary N) is 1. The van der Waals surface area contributed by atoms with Gasteiger partial charge in [-0.15, -0.1) is 0 Å². The number of nitrogens with zero attached hydrogens (tertiary/aromatic N) is 2. The van der Waals surface area contributed by atoms with E-state index in [1.807, 2.05) is 30.9 Å². The molecule has 0 unspecified atom stereocenters. The van der Waals surface area contributed by atoms with Crippen LogP contribution in [0.25, 0.3) is 0 Å². The molecule has 0 aliphatic carbocycles. The number of amides is 2. The van der Waals surface area contributed by atoms with Crippen LogP contribution in [0.2, 0.25) is 0 Å². The lowest BCUT2D eigenvalue weighted by Crippen LogP contribution is -2.49. The fourth-order valence-corrected chi connectivity index (χ4v) is 3.43. The van der Waals surface area contributed by atoms with Crippen molar-refractivity contribution in [2.45, 2.75) is 27.3 Å². The molecule has 132 valence electrons. The fourth-order valence-electron chi connectivity index (χ4n) is 3.43. The molecular weight excluding hydrogens is 310 g/mol. The topological polar surface area (TPSA) is 35.6 Å². The van der Waals surface area contributed by atoms with Crippen molar-refractivity contribution in [2.75, 3.05) is 31.5 Å². The Morgan fingerprint density at radius 3 is 2.24 bits per heavy atom. The van der Waals surface area contributed by atoms with Crippen LogP contribution in [0.3, 0.4) is 0 Å². The second-order valence-electron chi connectivity index (χ2n) is 7.06. The molecule has 0 spiro atoms. The number of rotatable bonds is 3. The number of anilines is 1. The summed E-state index contributed by atoms with van der Waals surface area (Å²) in [5, 5.41) is 3.03. The van der Waals surface area contributed by atoms with Crippen LogP contribution in [0.1, 0.15) is 22.3 Å². The third-order valence-electron chi connectivity index (χ3n) is 4.62. The Labute approximate surface area is 150 Å². The molecule has 0 radical (unpaired) electrons. The van der Waals surface area contributed by atoms with Gasteiger partial charge in [0, 0.05) is 38.4 Å². The van der Waals surface area contributed by atoms with Gasteiger partial charge >= 0.3 is 6.03 Å². The minimum atomic E-state index is 0.000190. The minimum Gasteiger partial charge on any atom is -0.322 e. The van der Waals surface area contributed by atoms with E-state index in [2.05, 4.69) is 47.5 Å². The Hall–Kier alpha value is -2.33. The van der Waals surface area contributed by atoms with Crippen molar-refractivity contribution < 1.29 is 4.79 Å². The molecule has 4 nitrogen and oxygen atoms in total. The van der Waals surface area contributed by atoms with Gasteiger partial charge in [-0.2, -0.15) is 0 Å². The zero-order valence-electron chi connectivity index (χ0n) is 15.4. The van der Waals surface area contributed by atoms with Gasteiger partial charge in [0.1, 0.15) is 0 Å². The summed E-state index contributed by atoms with van der Waals surface area (Å²) < 4.78 is 0. The maximum atomic E-state index is 12.5. The summed E-state index contributed by atoms with van der Waals surface area (Å²) in [6.45, 7) is 10.5. The first-order chi connectivity index (χ1) is 12.0. The summed E-state index contributed by atoms with van der Waals surface area (Å²) in [5.74, 6) is 0. The van der Waals surface area contributed by atoms with Crippen molar-refractivity contribution in [3.63, 3.8) is 0 Å². The van der Waals surface area contributed by atoms with E-state index in [0.29, 0.717) is 0 Å². The monoisotopic (exact) mass is 337 g/mol. The highest BCUT2D eigenvalue weighted by molar-refractivity contribution is 5.89. The van der Waals surface area contributed by atoms with E-state index in [4.69, 9.17) is 0 Å². The first kappa shape index (κ1) is 17.5. The summed E-state index contributed by atoms with van der Waals surface area (Å²) in [5.41, 5.74) is 5.85. The highest BCUT2D eigenvalue weighted by atomic mass is 16.2. The number of aryl methyl sites for hydroxylation is 3. The summed E-state index contributed by atoms with van der Waals surface area (Å²) >= 11 is 0. The molecule has 0 atom stereocenters. The molecule has 2 aromatic rings. The maximum Gasteiger partial charge on any atom is 0.321 e. The number of hydrogen-bond acceptors (Lipinski definition) is 2. The molecule has 0 bridgehead atoms. The molecule has 1 saturated heterocycles. The molecule has 1 heterocycles. The van der Waals surface area contributed by atoms with Crippen molar-refractivity contribution in [1.82, 2.24) is 9.80 Å². The van der Waals surface area contributed by atoms with Crippen LogP contribution in [-0.2, 0) is 6.54 Å². The van der Waals surface area contributed by atoms with Crippen LogP contribution in [0, 0.1) is 20.8 Å². The van der Waals surface area contributed by atoms with E-state index in [9.17, 15) is 4.79 Å². The largest absolute Gasteiger partial charge is 0.322 e. The molecule has 1 fully saturated rings. The van der Waals surface area contributed by atoms with Crippen molar-refractivity contribution in [3.05, 3.63) is 64.7 Å². The Morgan fingerprint density at radius 1 is 0.920 bits per heavy atom. The second kappa shape index (κ2) is 7.70. The molecule has 2 aromatic carbocycles. The van der Waals surface area contributed by atoms with Crippen LogP contribution >= 0.6 is 0 Å². The van der Waals surface area contributed by atoms with E-state index in [0.717, 1.165) is 38.4 Å². The van der Waals surface area contributed by atoms with Crippen LogP contribution < -0.4 is 5.32 Å². The molecule has 0 saturated carbocycles. The summed E-state index contributed by atoms with van der Waals surface area (Å²) in [7, 11) is 0. The first-order valence-electron chi connectivity index (χ1n) is 8.92. The van der Waals surface area contributed by atoms with E-state index in [1.165, 1.54) is 22.3 Å². The molecule has 0 aromatic heterocycles. The second-order valence-corrected chi connectivity index (χ2v) is 7.06. The number of benzene rings is 2. The number of hydrogen-bond donors (Lipinski definition) is 1. The summed E-state index contributed by atoms with van der Waals surface area (Å²) in [4.78, 5) is 16.8. The van der Waals surface area contributed by atoms with Crippen molar-refractivity contribution in [3.8, 4) is 0 Å². The molecule has 1 N–H and O–H groups in total. The average molecular weight is 337 g/mol. The minimum absolute atomic E-state index is 0.000190. The van der Waals surface area contributed by atoms with Crippen LogP contribution in [0.15, 0.2) is 42.5 Å². The Morgan fingerprint density at radius 2 is 1.60 bits per heavy atom. The van der Waals surface area contributed by atoms with Gasteiger partial charge < -0.3 is 10.2 Å². The third-order valence-corrected chi connectivity index (χ3v) is 4.62. The zero-order chi connectivity index (χ0) is 17.8. The van der Waals surface area contributed by atoms with E-state index < -0.39 is 0 Å². The molecular formula is C21H27N3O. The van der Waals surface area contributed by atoms with Gasteiger partial charge in [0.25, 0.3) is 0 Å². The van der Waals surface area contributed by atoms with Crippen molar-refractivity contribution in [1.29, 1.82) is 0 Å². The Kier molecular flexibility index (Phi) is 5.39. The standard InChI is InChI=1S/C21H27N3O/c1-16-5-4-6-19(12-16)15-23-7-9-24(10-8-23)21(25)22-20-13-17(2)11-18(3)14-20/h4-6,11-14H,7-10,15H2,1-3H3,(H,22,25). The smallest absolute Gasteiger partial charge is 0.321 e.